The second-order valence-electron chi connectivity index (χ2n) is 5.31. The molecule has 1 aromatic heterocycles. The highest BCUT2D eigenvalue weighted by molar-refractivity contribution is 5.85. The smallest absolute Gasteiger partial charge is 0.320 e. The highest BCUT2D eigenvalue weighted by Gasteiger charge is 2.31. The first-order chi connectivity index (χ1) is 10.7. The van der Waals surface area contributed by atoms with Crippen molar-refractivity contribution >= 4 is 18.4 Å². The van der Waals surface area contributed by atoms with Crippen molar-refractivity contribution in [2.24, 2.45) is 0 Å². The zero-order valence-electron chi connectivity index (χ0n) is 12.8. The van der Waals surface area contributed by atoms with Crippen molar-refractivity contribution in [2.45, 2.75) is 25.4 Å². The molecular weight excluding hydrogens is 320 g/mol. The number of methoxy groups -OCH3 is 1. The number of carboxylic acids is 1. The van der Waals surface area contributed by atoms with Gasteiger partial charge in [-0.3, -0.25) is 9.69 Å². The van der Waals surface area contributed by atoms with E-state index in [0.29, 0.717) is 24.6 Å². The van der Waals surface area contributed by atoms with Gasteiger partial charge in [-0.1, -0.05) is 0 Å². The summed E-state index contributed by atoms with van der Waals surface area (Å²) in [5, 5.41) is 9.19. The number of aromatic nitrogens is 1. The molecule has 2 aromatic rings. The number of nitrogens with zero attached hydrogens (tertiary/aromatic N) is 2. The van der Waals surface area contributed by atoms with E-state index in [0.717, 1.165) is 24.3 Å². The molecule has 2 heterocycles. The van der Waals surface area contributed by atoms with Gasteiger partial charge in [-0.05, 0) is 43.7 Å². The maximum atomic E-state index is 11.2. The van der Waals surface area contributed by atoms with Crippen LogP contribution in [0.5, 0.6) is 5.75 Å². The summed E-state index contributed by atoms with van der Waals surface area (Å²) in [6.45, 7) is 1.18. The van der Waals surface area contributed by atoms with Gasteiger partial charge in [-0.25, -0.2) is 4.98 Å². The Morgan fingerprint density at radius 1 is 1.43 bits per heavy atom. The van der Waals surface area contributed by atoms with Crippen molar-refractivity contribution in [3.63, 3.8) is 0 Å². The molecule has 23 heavy (non-hydrogen) atoms. The van der Waals surface area contributed by atoms with Crippen LogP contribution in [0.2, 0.25) is 0 Å². The Hall–Kier alpha value is -2.05. The lowest BCUT2D eigenvalue weighted by atomic mass is 10.2. The first-order valence-electron chi connectivity index (χ1n) is 7.23. The first-order valence-corrected chi connectivity index (χ1v) is 7.23. The Kier molecular flexibility index (Phi) is 5.63. The molecule has 0 radical (unpaired) electrons. The molecule has 1 atom stereocenters. The van der Waals surface area contributed by atoms with Crippen molar-refractivity contribution < 1.29 is 19.1 Å². The average molecular weight is 339 g/mol. The van der Waals surface area contributed by atoms with E-state index in [1.54, 1.807) is 13.3 Å². The molecule has 1 aromatic carbocycles. The van der Waals surface area contributed by atoms with E-state index in [2.05, 4.69) is 4.98 Å². The van der Waals surface area contributed by atoms with Crippen LogP contribution in [0, 0.1) is 0 Å². The summed E-state index contributed by atoms with van der Waals surface area (Å²) < 4.78 is 10.9. The number of carbonyl (C=O) groups is 1. The normalized spacial score (nSPS) is 17.7. The average Bonchev–Trinajstić information content (AvgIpc) is 3.17. The van der Waals surface area contributed by atoms with E-state index in [1.807, 2.05) is 29.2 Å². The second-order valence-corrected chi connectivity index (χ2v) is 5.31. The minimum Gasteiger partial charge on any atom is -0.497 e. The van der Waals surface area contributed by atoms with Gasteiger partial charge in [0.05, 0.1) is 19.9 Å². The van der Waals surface area contributed by atoms with Crippen LogP contribution in [0.15, 0.2) is 34.9 Å². The molecule has 1 fully saturated rings. The van der Waals surface area contributed by atoms with Gasteiger partial charge < -0.3 is 14.3 Å². The maximum Gasteiger partial charge on any atom is 0.320 e. The number of carboxylic acid groups (broad SMARTS) is 1. The van der Waals surface area contributed by atoms with Crippen molar-refractivity contribution in [1.82, 2.24) is 9.88 Å². The van der Waals surface area contributed by atoms with Crippen molar-refractivity contribution in [2.75, 3.05) is 13.7 Å². The first kappa shape index (κ1) is 17.3. The zero-order chi connectivity index (χ0) is 15.5. The molecule has 1 aliphatic rings. The van der Waals surface area contributed by atoms with E-state index >= 15 is 0 Å². The fourth-order valence-corrected chi connectivity index (χ4v) is 2.74. The quantitative estimate of drug-likeness (QED) is 0.903. The summed E-state index contributed by atoms with van der Waals surface area (Å²) >= 11 is 0. The monoisotopic (exact) mass is 338 g/mol. The van der Waals surface area contributed by atoms with Gasteiger partial charge in [0.1, 0.15) is 11.8 Å². The number of rotatable bonds is 5. The number of aliphatic carboxylic acids is 1. The largest absolute Gasteiger partial charge is 0.497 e. The molecule has 1 aliphatic heterocycles. The van der Waals surface area contributed by atoms with Gasteiger partial charge in [-0.15, -0.1) is 12.4 Å². The van der Waals surface area contributed by atoms with Crippen LogP contribution in [-0.4, -0.2) is 40.7 Å². The van der Waals surface area contributed by atoms with Crippen LogP contribution in [0.25, 0.3) is 11.3 Å². The molecule has 0 unspecified atom stereocenters. The second kappa shape index (κ2) is 7.48. The van der Waals surface area contributed by atoms with Crippen molar-refractivity contribution in [3.05, 3.63) is 36.4 Å². The van der Waals surface area contributed by atoms with Gasteiger partial charge in [-0.2, -0.15) is 0 Å². The van der Waals surface area contributed by atoms with Crippen LogP contribution in [0.1, 0.15) is 18.7 Å². The minimum absolute atomic E-state index is 0. The summed E-state index contributed by atoms with van der Waals surface area (Å²) in [6.07, 6.45) is 3.24. The molecule has 0 amide bonds. The number of halogens is 1. The number of hydrogen-bond acceptors (Lipinski definition) is 5. The fourth-order valence-electron chi connectivity index (χ4n) is 2.74. The third kappa shape index (κ3) is 3.83. The van der Waals surface area contributed by atoms with Crippen molar-refractivity contribution in [1.29, 1.82) is 0 Å². The molecule has 6 nitrogen and oxygen atoms in total. The number of ether oxygens (including phenoxy) is 1. The predicted octanol–water partition coefficient (Wildman–Crippen LogP) is 2.82. The summed E-state index contributed by atoms with van der Waals surface area (Å²) in [4.78, 5) is 17.3. The molecule has 0 saturated carbocycles. The Morgan fingerprint density at radius 2 is 2.17 bits per heavy atom. The fraction of sp³-hybridized carbons (Fsp3) is 0.375. The Labute approximate surface area is 140 Å². The van der Waals surface area contributed by atoms with E-state index in [1.165, 1.54) is 0 Å². The summed E-state index contributed by atoms with van der Waals surface area (Å²) in [5.74, 6) is 1.21. The van der Waals surface area contributed by atoms with Gasteiger partial charge in [0, 0.05) is 5.56 Å². The summed E-state index contributed by atoms with van der Waals surface area (Å²) in [6, 6.07) is 7.09. The standard InChI is InChI=1S/C16H18N2O4.ClH/c1-21-12-6-4-11(5-7-12)14-9-17-15(22-14)10-18-8-2-3-13(18)16(19)20;/h4-7,9,13H,2-3,8,10H2,1H3,(H,19,20);1H/t13-;/m1./s1. The molecule has 7 heteroatoms. The van der Waals surface area contributed by atoms with E-state index in [9.17, 15) is 9.90 Å². The third-order valence-corrected chi connectivity index (χ3v) is 3.92. The van der Waals surface area contributed by atoms with Crippen LogP contribution >= 0.6 is 12.4 Å². The molecule has 3 rings (SSSR count). The third-order valence-electron chi connectivity index (χ3n) is 3.92. The Balaban J connectivity index is 0.00000192. The number of hydrogen-bond donors (Lipinski definition) is 1. The van der Waals surface area contributed by atoms with Gasteiger partial charge in [0.2, 0.25) is 5.89 Å². The van der Waals surface area contributed by atoms with E-state index in [4.69, 9.17) is 9.15 Å². The highest BCUT2D eigenvalue weighted by Crippen LogP contribution is 2.25. The molecule has 0 aliphatic carbocycles. The Morgan fingerprint density at radius 3 is 2.83 bits per heavy atom. The van der Waals surface area contributed by atoms with E-state index < -0.39 is 12.0 Å². The van der Waals surface area contributed by atoms with Crippen LogP contribution in [0.4, 0.5) is 0 Å². The van der Waals surface area contributed by atoms with Gasteiger partial charge in [0.15, 0.2) is 5.76 Å². The molecule has 1 saturated heterocycles. The number of oxazole rings is 1. The van der Waals surface area contributed by atoms with Crippen LogP contribution < -0.4 is 4.74 Å². The molecule has 1 N–H and O–H groups in total. The van der Waals surface area contributed by atoms with E-state index in [-0.39, 0.29) is 12.4 Å². The number of benzene rings is 1. The zero-order valence-corrected chi connectivity index (χ0v) is 13.6. The summed E-state index contributed by atoms with van der Waals surface area (Å²) in [5.41, 5.74) is 0.913. The minimum atomic E-state index is -0.778. The SMILES string of the molecule is COc1ccc(-c2cnc(CN3CCC[C@@H]3C(=O)O)o2)cc1.Cl. The predicted molar refractivity (Wildman–Crippen MR) is 86.8 cm³/mol. The lowest BCUT2D eigenvalue weighted by Crippen LogP contribution is -2.35. The Bertz CT molecular complexity index is 656. The lowest BCUT2D eigenvalue weighted by Gasteiger charge is -2.18. The van der Waals surface area contributed by atoms with Crippen LogP contribution in [0.3, 0.4) is 0 Å². The van der Waals surface area contributed by atoms with Crippen LogP contribution in [-0.2, 0) is 11.3 Å². The molecule has 124 valence electrons. The molecule has 0 bridgehead atoms. The molecular formula is C16H19ClN2O4. The highest BCUT2D eigenvalue weighted by atomic mass is 35.5. The maximum absolute atomic E-state index is 11.2. The van der Waals surface area contributed by atoms with Crippen molar-refractivity contribution in [3.8, 4) is 17.1 Å². The number of likely N-dealkylation sites (tertiary alicyclic amines) is 1. The molecule has 0 spiro atoms. The lowest BCUT2D eigenvalue weighted by molar-refractivity contribution is -0.142. The summed E-state index contributed by atoms with van der Waals surface area (Å²) in [7, 11) is 1.62. The van der Waals surface area contributed by atoms with Gasteiger partial charge >= 0.3 is 5.97 Å². The topological polar surface area (TPSA) is 75.8 Å². The van der Waals surface area contributed by atoms with Gasteiger partial charge in [0.25, 0.3) is 0 Å².